The Kier molecular flexibility index (Phi) is 6.36. The minimum atomic E-state index is -0.388. The first kappa shape index (κ1) is 20.4. The Balaban J connectivity index is 1.69. The molecule has 0 aliphatic heterocycles. The first-order chi connectivity index (χ1) is 13.5. The summed E-state index contributed by atoms with van der Waals surface area (Å²) in [5.74, 6) is 0.207. The average Bonchev–Trinajstić information content (AvgIpc) is 3.13. The van der Waals surface area contributed by atoms with Gasteiger partial charge in [0.1, 0.15) is 0 Å². The van der Waals surface area contributed by atoms with Crippen molar-refractivity contribution in [3.05, 3.63) is 27.2 Å². The predicted molar refractivity (Wildman–Crippen MR) is 108 cm³/mol. The van der Waals surface area contributed by atoms with E-state index >= 15 is 0 Å². The molecule has 1 aliphatic carbocycles. The van der Waals surface area contributed by atoms with Gasteiger partial charge in [-0.15, -0.1) is 0 Å². The van der Waals surface area contributed by atoms with E-state index in [9.17, 15) is 14.4 Å². The van der Waals surface area contributed by atoms with Crippen molar-refractivity contribution >= 4 is 17.1 Å². The summed E-state index contributed by atoms with van der Waals surface area (Å²) in [5.41, 5.74) is 0.0568. The summed E-state index contributed by atoms with van der Waals surface area (Å²) in [6.07, 6.45) is 9.58. The van der Waals surface area contributed by atoms with Crippen LogP contribution < -0.4 is 11.2 Å². The maximum atomic E-state index is 12.8. The largest absolute Gasteiger partial charge is 0.340 e. The Labute approximate surface area is 164 Å². The van der Waals surface area contributed by atoms with Crippen LogP contribution in [0.15, 0.2) is 15.9 Å². The highest BCUT2D eigenvalue weighted by atomic mass is 16.2. The van der Waals surface area contributed by atoms with Gasteiger partial charge in [0.15, 0.2) is 11.2 Å². The molecule has 0 saturated heterocycles. The van der Waals surface area contributed by atoms with Gasteiger partial charge in [0.2, 0.25) is 5.91 Å². The van der Waals surface area contributed by atoms with Crippen molar-refractivity contribution in [2.75, 3.05) is 6.54 Å². The van der Waals surface area contributed by atoms with Gasteiger partial charge < -0.3 is 9.47 Å². The third kappa shape index (κ3) is 3.91. The molecule has 154 valence electrons. The van der Waals surface area contributed by atoms with E-state index in [1.807, 2.05) is 0 Å². The molecule has 0 atom stereocenters. The van der Waals surface area contributed by atoms with Gasteiger partial charge in [0, 0.05) is 39.6 Å². The number of carbonyl (C=O) groups excluding carboxylic acids is 1. The van der Waals surface area contributed by atoms with E-state index in [2.05, 4.69) is 16.8 Å². The van der Waals surface area contributed by atoms with Crippen molar-refractivity contribution in [2.45, 2.75) is 70.9 Å². The smallest absolute Gasteiger partial charge is 0.332 e. The lowest BCUT2D eigenvalue weighted by Gasteiger charge is -2.34. The van der Waals surface area contributed by atoms with E-state index in [1.54, 1.807) is 17.9 Å². The Bertz CT molecular complexity index is 949. The van der Waals surface area contributed by atoms with E-state index < -0.39 is 0 Å². The Morgan fingerprint density at radius 3 is 2.57 bits per heavy atom. The van der Waals surface area contributed by atoms with Gasteiger partial charge in [-0.2, -0.15) is 0 Å². The molecule has 0 spiro atoms. The molecule has 2 aromatic heterocycles. The van der Waals surface area contributed by atoms with E-state index in [-0.39, 0.29) is 17.2 Å². The molecule has 0 bridgehead atoms. The van der Waals surface area contributed by atoms with Gasteiger partial charge in [0.05, 0.1) is 6.33 Å². The van der Waals surface area contributed by atoms with Gasteiger partial charge in [-0.05, 0) is 25.7 Å². The fourth-order valence-corrected chi connectivity index (χ4v) is 4.26. The molecule has 2 heterocycles. The molecular formula is C20H31N5O3. The zero-order valence-corrected chi connectivity index (χ0v) is 17.2. The van der Waals surface area contributed by atoms with Gasteiger partial charge >= 0.3 is 5.69 Å². The number of imidazole rings is 1. The van der Waals surface area contributed by atoms with E-state index in [0.717, 1.165) is 30.4 Å². The number of rotatable bonds is 7. The van der Waals surface area contributed by atoms with Crippen LogP contribution in [0, 0.1) is 0 Å². The molecule has 2 aromatic rings. The fourth-order valence-electron chi connectivity index (χ4n) is 4.26. The van der Waals surface area contributed by atoms with Crippen molar-refractivity contribution in [1.82, 2.24) is 23.6 Å². The lowest BCUT2D eigenvalue weighted by Crippen LogP contribution is -2.42. The summed E-state index contributed by atoms with van der Waals surface area (Å²) in [5, 5.41) is 0. The van der Waals surface area contributed by atoms with Crippen molar-refractivity contribution in [2.24, 2.45) is 14.1 Å². The van der Waals surface area contributed by atoms with Crippen LogP contribution in [0.25, 0.3) is 11.2 Å². The molecule has 1 aliphatic rings. The van der Waals surface area contributed by atoms with Crippen LogP contribution in [0.1, 0.15) is 58.3 Å². The van der Waals surface area contributed by atoms with E-state index in [4.69, 9.17) is 0 Å². The molecule has 1 amide bonds. The van der Waals surface area contributed by atoms with Crippen LogP contribution >= 0.6 is 0 Å². The molecule has 3 rings (SSSR count). The average molecular weight is 390 g/mol. The van der Waals surface area contributed by atoms with Crippen LogP contribution in [0.2, 0.25) is 0 Å². The van der Waals surface area contributed by atoms with Crippen molar-refractivity contribution in [3.8, 4) is 0 Å². The molecule has 8 nitrogen and oxygen atoms in total. The minimum absolute atomic E-state index is 0.207. The second-order valence-electron chi connectivity index (χ2n) is 7.80. The fraction of sp³-hybridized carbons (Fsp3) is 0.700. The summed E-state index contributed by atoms with van der Waals surface area (Å²) in [4.78, 5) is 43.7. The zero-order chi connectivity index (χ0) is 20.3. The van der Waals surface area contributed by atoms with Crippen molar-refractivity contribution in [1.29, 1.82) is 0 Å². The zero-order valence-electron chi connectivity index (χ0n) is 17.2. The maximum Gasteiger partial charge on any atom is 0.332 e. The predicted octanol–water partition coefficient (Wildman–Crippen LogP) is 1.79. The second-order valence-corrected chi connectivity index (χ2v) is 7.80. The molecule has 0 radical (unpaired) electrons. The number of aryl methyl sites for hydroxylation is 2. The molecule has 1 fully saturated rings. The first-order valence-electron chi connectivity index (χ1n) is 10.4. The number of hydrogen-bond donors (Lipinski definition) is 0. The number of fused-ring (bicyclic) bond motifs is 1. The Hall–Kier alpha value is -2.38. The highest BCUT2D eigenvalue weighted by Gasteiger charge is 2.24. The summed E-state index contributed by atoms with van der Waals surface area (Å²) in [7, 11) is 3.08. The second kappa shape index (κ2) is 8.75. The highest BCUT2D eigenvalue weighted by molar-refractivity contribution is 5.76. The topological polar surface area (TPSA) is 82.1 Å². The Morgan fingerprint density at radius 2 is 1.89 bits per heavy atom. The van der Waals surface area contributed by atoms with Crippen LogP contribution in [-0.2, 0) is 25.4 Å². The van der Waals surface area contributed by atoms with Gasteiger partial charge in [-0.1, -0.05) is 26.2 Å². The first-order valence-corrected chi connectivity index (χ1v) is 10.4. The third-order valence-electron chi connectivity index (χ3n) is 5.81. The van der Waals surface area contributed by atoms with Gasteiger partial charge in [0.25, 0.3) is 5.56 Å². The maximum absolute atomic E-state index is 12.8. The molecule has 0 unspecified atom stereocenters. The molecule has 0 aromatic carbocycles. The summed E-state index contributed by atoms with van der Waals surface area (Å²) in [6.45, 7) is 3.46. The third-order valence-corrected chi connectivity index (χ3v) is 5.81. The van der Waals surface area contributed by atoms with E-state index in [0.29, 0.717) is 36.6 Å². The quantitative estimate of drug-likeness (QED) is 0.723. The standard InChI is InChI=1S/C20H31N5O3/c1-4-12-25(15-9-6-5-7-10-15)16(26)11-8-13-24-14-21-18-17(24)19(27)23(3)20(28)22(18)2/h14-15H,4-13H2,1-3H3. The Morgan fingerprint density at radius 1 is 1.18 bits per heavy atom. The lowest BCUT2D eigenvalue weighted by molar-refractivity contribution is -0.134. The summed E-state index contributed by atoms with van der Waals surface area (Å²) >= 11 is 0. The van der Waals surface area contributed by atoms with Crippen molar-refractivity contribution in [3.63, 3.8) is 0 Å². The van der Waals surface area contributed by atoms with Gasteiger partial charge in [-0.25, -0.2) is 9.78 Å². The van der Waals surface area contributed by atoms with Crippen LogP contribution in [0.5, 0.6) is 0 Å². The summed E-state index contributed by atoms with van der Waals surface area (Å²) in [6, 6.07) is 0.386. The van der Waals surface area contributed by atoms with Crippen LogP contribution in [-0.4, -0.2) is 42.1 Å². The van der Waals surface area contributed by atoms with Gasteiger partial charge in [-0.3, -0.25) is 18.7 Å². The molecule has 0 N–H and O–H groups in total. The normalized spacial score (nSPS) is 15.2. The lowest BCUT2D eigenvalue weighted by atomic mass is 9.93. The molecule has 1 saturated carbocycles. The number of hydrogen-bond acceptors (Lipinski definition) is 4. The van der Waals surface area contributed by atoms with E-state index in [1.165, 1.54) is 30.9 Å². The number of amides is 1. The SMILES string of the molecule is CCCN(C(=O)CCCn1cnc2c1c(=O)n(C)c(=O)n2C)C1CCCCC1. The molecular weight excluding hydrogens is 358 g/mol. The number of nitrogens with zero attached hydrogens (tertiary/aromatic N) is 5. The van der Waals surface area contributed by atoms with Crippen LogP contribution in [0.4, 0.5) is 0 Å². The molecule has 8 heteroatoms. The minimum Gasteiger partial charge on any atom is -0.340 e. The van der Waals surface area contributed by atoms with Crippen molar-refractivity contribution < 1.29 is 4.79 Å². The number of carbonyl (C=O) groups is 1. The number of aromatic nitrogens is 4. The highest BCUT2D eigenvalue weighted by Crippen LogP contribution is 2.23. The molecule has 28 heavy (non-hydrogen) atoms. The monoisotopic (exact) mass is 389 g/mol. The van der Waals surface area contributed by atoms with Crippen LogP contribution in [0.3, 0.4) is 0 Å². The summed E-state index contributed by atoms with van der Waals surface area (Å²) < 4.78 is 4.23.